The number of sulfonamides is 1. The van der Waals surface area contributed by atoms with Crippen LogP contribution in [0.5, 0.6) is 11.5 Å². The molecule has 1 aromatic rings. The van der Waals surface area contributed by atoms with E-state index < -0.39 is 10.0 Å². The van der Waals surface area contributed by atoms with Crippen LogP contribution < -0.4 is 14.2 Å². The molecule has 0 spiro atoms. The summed E-state index contributed by atoms with van der Waals surface area (Å²) >= 11 is 0. The summed E-state index contributed by atoms with van der Waals surface area (Å²) in [5, 5.41) is 8.67. The minimum absolute atomic E-state index is 0.0235. The van der Waals surface area contributed by atoms with Crippen molar-refractivity contribution in [3.05, 3.63) is 17.7 Å². The monoisotopic (exact) mass is 289 g/mol. The Balaban J connectivity index is 3.16. The lowest BCUT2D eigenvalue weighted by Crippen LogP contribution is -2.26. The van der Waals surface area contributed by atoms with Crippen molar-refractivity contribution in [3.8, 4) is 11.5 Å². The Morgan fingerprint density at radius 1 is 1.21 bits per heavy atom. The molecule has 1 aromatic carbocycles. The fourth-order valence-corrected chi connectivity index (χ4v) is 2.83. The summed E-state index contributed by atoms with van der Waals surface area (Å²) in [5.41, 5.74) is 0.786. The highest BCUT2D eigenvalue weighted by molar-refractivity contribution is 7.89. The Morgan fingerprint density at radius 2 is 1.84 bits per heavy atom. The molecule has 0 bridgehead atoms. The van der Waals surface area contributed by atoms with Crippen LogP contribution in [0.4, 0.5) is 0 Å². The summed E-state index contributed by atoms with van der Waals surface area (Å²) in [6.45, 7) is 1.89. The van der Waals surface area contributed by atoms with E-state index in [0.717, 1.165) is 5.56 Å². The van der Waals surface area contributed by atoms with Gasteiger partial charge < -0.3 is 14.6 Å². The molecule has 0 aliphatic rings. The topological polar surface area (TPSA) is 84.9 Å². The van der Waals surface area contributed by atoms with Crippen molar-refractivity contribution in [2.24, 2.45) is 0 Å². The van der Waals surface area contributed by atoms with Crippen molar-refractivity contribution in [2.75, 3.05) is 27.4 Å². The summed E-state index contributed by atoms with van der Waals surface area (Å²) in [7, 11) is -0.803. The van der Waals surface area contributed by atoms with E-state index >= 15 is 0 Å². The van der Waals surface area contributed by atoms with Gasteiger partial charge in [0.1, 0.15) is 16.4 Å². The second-order valence-corrected chi connectivity index (χ2v) is 5.68. The van der Waals surface area contributed by atoms with Crippen LogP contribution >= 0.6 is 0 Å². The molecule has 0 aliphatic carbocycles. The number of nitrogens with one attached hydrogen (secondary N) is 1. The van der Waals surface area contributed by atoms with E-state index in [0.29, 0.717) is 12.2 Å². The van der Waals surface area contributed by atoms with Crippen molar-refractivity contribution >= 4 is 10.0 Å². The Kier molecular flexibility index (Phi) is 5.59. The van der Waals surface area contributed by atoms with Crippen molar-refractivity contribution in [1.29, 1.82) is 0 Å². The van der Waals surface area contributed by atoms with Crippen LogP contribution in [0.2, 0.25) is 0 Å². The van der Waals surface area contributed by atoms with Crippen molar-refractivity contribution in [3.63, 3.8) is 0 Å². The fraction of sp³-hybridized carbons (Fsp3) is 0.500. The van der Waals surface area contributed by atoms with E-state index in [1.165, 1.54) is 20.3 Å². The molecule has 6 nitrogen and oxygen atoms in total. The molecule has 0 saturated carbocycles. The average Bonchev–Trinajstić information content (AvgIpc) is 2.38. The third-order valence-corrected chi connectivity index (χ3v) is 4.08. The lowest BCUT2D eigenvalue weighted by Gasteiger charge is -2.13. The first-order chi connectivity index (χ1) is 8.96. The molecule has 0 unspecified atom stereocenters. The van der Waals surface area contributed by atoms with Crippen molar-refractivity contribution in [1.82, 2.24) is 4.72 Å². The van der Waals surface area contributed by atoms with E-state index in [4.69, 9.17) is 14.6 Å². The van der Waals surface area contributed by atoms with Crippen LogP contribution in [0.1, 0.15) is 12.0 Å². The zero-order chi connectivity index (χ0) is 14.5. The third-order valence-electron chi connectivity index (χ3n) is 2.60. The number of methoxy groups -OCH3 is 2. The Morgan fingerprint density at radius 3 is 2.37 bits per heavy atom. The molecule has 19 heavy (non-hydrogen) atoms. The second kappa shape index (κ2) is 6.74. The molecule has 0 fully saturated rings. The molecule has 0 amide bonds. The summed E-state index contributed by atoms with van der Waals surface area (Å²) < 4.78 is 36.9. The molecule has 0 heterocycles. The number of aliphatic hydroxyl groups is 1. The molecule has 7 heteroatoms. The minimum atomic E-state index is -3.69. The first kappa shape index (κ1) is 15.7. The Bertz CT molecular complexity index is 527. The van der Waals surface area contributed by atoms with Crippen LogP contribution in [-0.4, -0.2) is 40.9 Å². The lowest BCUT2D eigenvalue weighted by atomic mass is 10.2. The van der Waals surface area contributed by atoms with Gasteiger partial charge in [-0.05, 0) is 25.0 Å². The maximum atomic E-state index is 12.1. The predicted octanol–water partition coefficient (Wildman–Crippen LogP) is 0.673. The Hall–Kier alpha value is -1.31. The molecule has 0 aromatic heterocycles. The number of rotatable bonds is 7. The first-order valence-electron chi connectivity index (χ1n) is 5.79. The standard InChI is InChI=1S/C12H19NO5S/c1-9-7-11(18-3)12(8-10(9)17-2)19(15,16)13-5-4-6-14/h7-8,13-14H,4-6H2,1-3H3. The van der Waals surface area contributed by atoms with Crippen LogP contribution in [0.25, 0.3) is 0 Å². The smallest absolute Gasteiger partial charge is 0.244 e. The van der Waals surface area contributed by atoms with Gasteiger partial charge in [0.25, 0.3) is 0 Å². The molecular formula is C12H19NO5S. The van der Waals surface area contributed by atoms with Crippen LogP contribution in [0, 0.1) is 6.92 Å². The number of benzene rings is 1. The highest BCUT2D eigenvalue weighted by atomic mass is 32.2. The third kappa shape index (κ3) is 3.82. The zero-order valence-electron chi connectivity index (χ0n) is 11.3. The molecule has 0 radical (unpaired) electrons. The van der Waals surface area contributed by atoms with E-state index in [2.05, 4.69) is 4.72 Å². The molecule has 2 N–H and O–H groups in total. The number of aliphatic hydroxyl groups excluding tert-OH is 1. The van der Waals surface area contributed by atoms with Gasteiger partial charge in [-0.1, -0.05) is 0 Å². The van der Waals surface area contributed by atoms with E-state index in [9.17, 15) is 8.42 Å². The largest absolute Gasteiger partial charge is 0.496 e. The molecule has 0 atom stereocenters. The van der Waals surface area contributed by atoms with Crippen LogP contribution in [0.3, 0.4) is 0 Å². The number of hydrogen-bond donors (Lipinski definition) is 2. The predicted molar refractivity (Wildman–Crippen MR) is 71.2 cm³/mol. The Labute approximate surface area is 113 Å². The molecule has 0 aliphatic heterocycles. The normalized spacial score (nSPS) is 11.4. The van der Waals surface area contributed by atoms with Gasteiger partial charge >= 0.3 is 0 Å². The number of hydrogen-bond acceptors (Lipinski definition) is 5. The van der Waals surface area contributed by atoms with Gasteiger partial charge in [-0.3, -0.25) is 0 Å². The number of ether oxygens (including phenoxy) is 2. The fourth-order valence-electron chi connectivity index (χ4n) is 1.60. The first-order valence-corrected chi connectivity index (χ1v) is 7.27. The van der Waals surface area contributed by atoms with Gasteiger partial charge in [0, 0.05) is 19.2 Å². The van der Waals surface area contributed by atoms with Gasteiger partial charge in [0.2, 0.25) is 10.0 Å². The average molecular weight is 289 g/mol. The lowest BCUT2D eigenvalue weighted by molar-refractivity contribution is 0.289. The van der Waals surface area contributed by atoms with E-state index in [1.54, 1.807) is 13.0 Å². The van der Waals surface area contributed by atoms with Crippen LogP contribution in [-0.2, 0) is 10.0 Å². The van der Waals surface area contributed by atoms with Gasteiger partial charge in [0.15, 0.2) is 0 Å². The van der Waals surface area contributed by atoms with E-state index in [-0.39, 0.29) is 23.8 Å². The highest BCUT2D eigenvalue weighted by Gasteiger charge is 2.21. The van der Waals surface area contributed by atoms with Gasteiger partial charge in [-0.15, -0.1) is 0 Å². The number of aryl methyl sites for hydroxylation is 1. The maximum Gasteiger partial charge on any atom is 0.244 e. The molecule has 1 rings (SSSR count). The van der Waals surface area contributed by atoms with Crippen molar-refractivity contribution in [2.45, 2.75) is 18.2 Å². The highest BCUT2D eigenvalue weighted by Crippen LogP contribution is 2.31. The molecular weight excluding hydrogens is 270 g/mol. The van der Waals surface area contributed by atoms with Crippen LogP contribution in [0.15, 0.2) is 17.0 Å². The molecule has 0 saturated heterocycles. The van der Waals surface area contributed by atoms with Gasteiger partial charge in [-0.2, -0.15) is 0 Å². The summed E-state index contributed by atoms with van der Waals surface area (Å²) in [4.78, 5) is 0.0235. The SMILES string of the molecule is COc1cc(S(=O)(=O)NCCCO)c(OC)cc1C. The van der Waals surface area contributed by atoms with Gasteiger partial charge in [0.05, 0.1) is 14.2 Å². The second-order valence-electron chi connectivity index (χ2n) is 3.95. The quantitative estimate of drug-likeness (QED) is 0.721. The van der Waals surface area contributed by atoms with Crippen molar-refractivity contribution < 1.29 is 23.0 Å². The summed E-state index contributed by atoms with van der Waals surface area (Å²) in [6, 6.07) is 3.04. The molecule has 108 valence electrons. The van der Waals surface area contributed by atoms with E-state index in [1.807, 2.05) is 0 Å². The summed E-state index contributed by atoms with van der Waals surface area (Å²) in [6.07, 6.45) is 0.352. The van der Waals surface area contributed by atoms with Gasteiger partial charge in [-0.25, -0.2) is 13.1 Å². The zero-order valence-corrected chi connectivity index (χ0v) is 12.1. The summed E-state index contributed by atoms with van der Waals surface area (Å²) in [5.74, 6) is 0.734. The minimum Gasteiger partial charge on any atom is -0.496 e. The maximum absolute atomic E-state index is 12.1.